The number of hydrogen-bond acceptors (Lipinski definition) is 3. The summed E-state index contributed by atoms with van der Waals surface area (Å²) in [5, 5.41) is 9.39. The Morgan fingerprint density at radius 3 is 2.82 bits per heavy atom. The molecule has 0 amide bonds. The minimum Gasteiger partial charge on any atom is -0.396 e. The van der Waals surface area contributed by atoms with Crippen molar-refractivity contribution in [3.8, 4) is 12.3 Å². The van der Waals surface area contributed by atoms with Crippen LogP contribution in [0.15, 0.2) is 24.3 Å². The highest BCUT2D eigenvalue weighted by Gasteiger charge is 2.39. The highest BCUT2D eigenvalue weighted by Crippen LogP contribution is 2.29. The molecule has 2 rings (SSSR count). The highest BCUT2D eigenvalue weighted by molar-refractivity contribution is 5.51. The maximum atomic E-state index is 9.39. The molecule has 1 N–H and O–H groups in total. The molecule has 3 nitrogen and oxygen atoms in total. The van der Waals surface area contributed by atoms with E-state index >= 15 is 0 Å². The fraction of sp³-hybridized carbons (Fsp3) is 0.429. The van der Waals surface area contributed by atoms with Crippen LogP contribution >= 0.6 is 0 Å². The molecule has 1 fully saturated rings. The van der Waals surface area contributed by atoms with Crippen molar-refractivity contribution in [1.29, 1.82) is 0 Å². The van der Waals surface area contributed by atoms with Gasteiger partial charge in [0.15, 0.2) is 0 Å². The molecule has 1 aliphatic rings. The van der Waals surface area contributed by atoms with Crippen molar-refractivity contribution in [1.82, 2.24) is 0 Å². The van der Waals surface area contributed by atoms with E-state index in [0.717, 1.165) is 17.8 Å². The van der Waals surface area contributed by atoms with Crippen LogP contribution in [0.25, 0.3) is 0 Å². The molecule has 1 aliphatic heterocycles. The van der Waals surface area contributed by atoms with Gasteiger partial charge in [0, 0.05) is 24.8 Å². The number of anilines is 1. The number of benzene rings is 1. The SMILES string of the molecule is C#Cc1cccc(N(C)CC2(CO)COC2)c1. The first kappa shape index (κ1) is 12.0. The van der Waals surface area contributed by atoms with Crippen LogP contribution < -0.4 is 4.90 Å². The minimum absolute atomic E-state index is 0.110. The number of terminal acetylenes is 1. The molecule has 0 spiro atoms. The van der Waals surface area contributed by atoms with E-state index in [-0.39, 0.29) is 12.0 Å². The maximum absolute atomic E-state index is 9.39. The van der Waals surface area contributed by atoms with E-state index < -0.39 is 0 Å². The van der Waals surface area contributed by atoms with Crippen molar-refractivity contribution in [2.45, 2.75) is 0 Å². The zero-order chi connectivity index (χ0) is 12.3. The smallest absolute Gasteiger partial charge is 0.0584 e. The Morgan fingerprint density at radius 1 is 1.53 bits per heavy atom. The van der Waals surface area contributed by atoms with Crippen LogP contribution in [0.5, 0.6) is 0 Å². The van der Waals surface area contributed by atoms with Crippen LogP contribution in [0.4, 0.5) is 5.69 Å². The predicted octanol–water partition coefficient (Wildman–Crippen LogP) is 1.11. The average Bonchev–Trinajstić information content (AvgIpc) is 2.33. The summed E-state index contributed by atoms with van der Waals surface area (Å²) in [4.78, 5) is 2.11. The largest absolute Gasteiger partial charge is 0.396 e. The molecule has 0 unspecified atom stereocenters. The fourth-order valence-corrected chi connectivity index (χ4v) is 2.05. The quantitative estimate of drug-likeness (QED) is 0.788. The molecule has 1 aromatic carbocycles. The van der Waals surface area contributed by atoms with Gasteiger partial charge in [0.25, 0.3) is 0 Å². The number of aliphatic hydroxyl groups excluding tert-OH is 1. The van der Waals surface area contributed by atoms with Gasteiger partial charge in [-0.05, 0) is 18.2 Å². The summed E-state index contributed by atoms with van der Waals surface area (Å²) in [6, 6.07) is 7.85. The van der Waals surface area contributed by atoms with Crippen molar-refractivity contribution < 1.29 is 9.84 Å². The van der Waals surface area contributed by atoms with Gasteiger partial charge in [-0.15, -0.1) is 6.42 Å². The monoisotopic (exact) mass is 231 g/mol. The van der Waals surface area contributed by atoms with Crippen LogP contribution in [0.3, 0.4) is 0 Å². The lowest BCUT2D eigenvalue weighted by Crippen LogP contribution is -2.52. The number of nitrogens with zero attached hydrogens (tertiary/aromatic N) is 1. The van der Waals surface area contributed by atoms with Crippen molar-refractivity contribution in [3.05, 3.63) is 29.8 Å². The van der Waals surface area contributed by atoms with E-state index in [1.165, 1.54) is 0 Å². The Morgan fingerprint density at radius 2 is 2.29 bits per heavy atom. The summed E-state index contributed by atoms with van der Waals surface area (Å²) in [6.45, 7) is 2.19. The van der Waals surface area contributed by atoms with Gasteiger partial charge in [0.2, 0.25) is 0 Å². The summed E-state index contributed by atoms with van der Waals surface area (Å²) in [7, 11) is 2.01. The van der Waals surface area contributed by atoms with Crippen LogP contribution in [0.2, 0.25) is 0 Å². The number of ether oxygens (including phenoxy) is 1. The van der Waals surface area contributed by atoms with Crippen molar-refractivity contribution in [2.75, 3.05) is 38.3 Å². The van der Waals surface area contributed by atoms with E-state index in [2.05, 4.69) is 10.8 Å². The van der Waals surface area contributed by atoms with Crippen molar-refractivity contribution >= 4 is 5.69 Å². The third-order valence-corrected chi connectivity index (χ3v) is 3.18. The van der Waals surface area contributed by atoms with Gasteiger partial charge in [-0.2, -0.15) is 0 Å². The maximum Gasteiger partial charge on any atom is 0.0584 e. The van der Waals surface area contributed by atoms with Gasteiger partial charge in [-0.25, -0.2) is 0 Å². The van der Waals surface area contributed by atoms with Gasteiger partial charge in [-0.1, -0.05) is 12.0 Å². The number of rotatable bonds is 4. The molecule has 90 valence electrons. The van der Waals surface area contributed by atoms with E-state index in [9.17, 15) is 5.11 Å². The molecule has 1 heterocycles. The standard InChI is InChI=1S/C14H17NO2/c1-3-12-5-4-6-13(7-12)15(2)8-14(9-16)10-17-11-14/h1,4-7,16H,8-11H2,2H3. The third kappa shape index (κ3) is 2.44. The molecule has 3 heteroatoms. The topological polar surface area (TPSA) is 32.7 Å². The summed E-state index contributed by atoms with van der Waals surface area (Å²) in [5.41, 5.74) is 1.83. The summed E-state index contributed by atoms with van der Waals surface area (Å²) in [6.07, 6.45) is 5.38. The van der Waals surface area contributed by atoms with Gasteiger partial charge in [0.05, 0.1) is 25.2 Å². The molecule has 0 saturated carbocycles. The van der Waals surface area contributed by atoms with Crippen molar-refractivity contribution in [2.24, 2.45) is 5.41 Å². The minimum atomic E-state index is -0.110. The van der Waals surface area contributed by atoms with E-state index in [1.807, 2.05) is 31.3 Å². The average molecular weight is 231 g/mol. The van der Waals surface area contributed by atoms with Crippen LogP contribution in [-0.4, -0.2) is 38.5 Å². The van der Waals surface area contributed by atoms with Gasteiger partial charge in [0.1, 0.15) is 0 Å². The Balaban J connectivity index is 2.09. The molecule has 0 aromatic heterocycles. The first-order valence-corrected chi connectivity index (χ1v) is 5.65. The summed E-state index contributed by atoms with van der Waals surface area (Å²) >= 11 is 0. The second kappa shape index (κ2) is 4.79. The number of hydrogen-bond donors (Lipinski definition) is 1. The molecular formula is C14H17NO2. The molecular weight excluding hydrogens is 214 g/mol. The fourth-order valence-electron chi connectivity index (χ4n) is 2.05. The van der Waals surface area contributed by atoms with Crippen LogP contribution in [0, 0.1) is 17.8 Å². The van der Waals surface area contributed by atoms with E-state index in [1.54, 1.807) is 0 Å². The Labute approximate surface area is 102 Å². The summed E-state index contributed by atoms with van der Waals surface area (Å²) < 4.78 is 5.19. The Hall–Kier alpha value is -1.50. The molecule has 0 atom stereocenters. The molecule has 0 bridgehead atoms. The van der Waals surface area contributed by atoms with E-state index in [0.29, 0.717) is 13.2 Å². The molecule has 1 saturated heterocycles. The van der Waals surface area contributed by atoms with Crippen molar-refractivity contribution in [3.63, 3.8) is 0 Å². The lowest BCUT2D eigenvalue weighted by Gasteiger charge is -2.42. The Bertz CT molecular complexity index is 427. The second-order valence-electron chi connectivity index (χ2n) is 4.70. The first-order valence-electron chi connectivity index (χ1n) is 5.65. The van der Waals surface area contributed by atoms with E-state index in [4.69, 9.17) is 11.2 Å². The summed E-state index contributed by atoms with van der Waals surface area (Å²) in [5.74, 6) is 2.63. The molecule has 1 aromatic rings. The van der Waals surface area contributed by atoms with Gasteiger partial charge >= 0.3 is 0 Å². The zero-order valence-electron chi connectivity index (χ0n) is 10.0. The second-order valence-corrected chi connectivity index (χ2v) is 4.70. The highest BCUT2D eigenvalue weighted by atomic mass is 16.5. The normalized spacial score (nSPS) is 17.0. The number of aliphatic hydroxyl groups is 1. The molecule has 0 aliphatic carbocycles. The lowest BCUT2D eigenvalue weighted by atomic mass is 9.86. The molecule has 0 radical (unpaired) electrons. The predicted molar refractivity (Wildman–Crippen MR) is 68.0 cm³/mol. The molecule has 17 heavy (non-hydrogen) atoms. The first-order chi connectivity index (χ1) is 8.19. The zero-order valence-corrected chi connectivity index (χ0v) is 10.0. The lowest BCUT2D eigenvalue weighted by molar-refractivity contribution is -0.130. The van der Waals surface area contributed by atoms with Gasteiger partial charge in [-0.3, -0.25) is 0 Å². The van der Waals surface area contributed by atoms with Gasteiger partial charge < -0.3 is 14.7 Å². The Kier molecular flexibility index (Phi) is 3.37. The third-order valence-electron chi connectivity index (χ3n) is 3.18. The van der Waals surface area contributed by atoms with Crippen LogP contribution in [-0.2, 0) is 4.74 Å². The van der Waals surface area contributed by atoms with Crippen LogP contribution in [0.1, 0.15) is 5.56 Å².